The highest BCUT2D eigenvalue weighted by Crippen LogP contribution is 2.27. The molecule has 0 spiro atoms. The first-order chi connectivity index (χ1) is 10.7. The van der Waals surface area contributed by atoms with Crippen molar-refractivity contribution in [2.45, 2.75) is 38.9 Å². The van der Waals surface area contributed by atoms with Crippen LogP contribution in [0.15, 0.2) is 36.5 Å². The van der Waals surface area contributed by atoms with Crippen molar-refractivity contribution in [2.75, 3.05) is 16.8 Å². The fourth-order valence-electron chi connectivity index (χ4n) is 2.83. The molecule has 2 aromatic rings. The van der Waals surface area contributed by atoms with E-state index in [2.05, 4.69) is 51.4 Å². The Hall–Kier alpha value is -2.14. The smallest absolute Gasteiger partial charge is 0.224 e. The maximum absolute atomic E-state index is 9.14. The second-order valence-electron chi connectivity index (χ2n) is 5.92. The van der Waals surface area contributed by atoms with Crippen LogP contribution in [0.4, 0.5) is 11.8 Å². The average Bonchev–Trinajstić information content (AvgIpc) is 2.54. The topological polar surface area (TPSA) is 61.3 Å². The predicted molar refractivity (Wildman–Crippen MR) is 88.0 cm³/mol. The van der Waals surface area contributed by atoms with Crippen LogP contribution in [-0.4, -0.2) is 33.8 Å². The molecule has 1 aromatic heterocycles. The van der Waals surface area contributed by atoms with Crippen LogP contribution in [0, 0.1) is 0 Å². The SMILES string of the molecule is C[C@@H]1Cc2ccccc2CN1c1ccnc(N[C@@H](C)CO)n1. The number of aromatic nitrogens is 2. The summed E-state index contributed by atoms with van der Waals surface area (Å²) in [5.41, 5.74) is 2.78. The van der Waals surface area contributed by atoms with Gasteiger partial charge in [0.1, 0.15) is 5.82 Å². The zero-order valence-corrected chi connectivity index (χ0v) is 13.0. The lowest BCUT2D eigenvalue weighted by molar-refractivity contribution is 0.281. The molecule has 0 amide bonds. The van der Waals surface area contributed by atoms with Crippen molar-refractivity contribution in [3.8, 4) is 0 Å². The first-order valence-electron chi connectivity index (χ1n) is 7.71. The Morgan fingerprint density at radius 3 is 2.86 bits per heavy atom. The molecule has 0 saturated heterocycles. The lowest BCUT2D eigenvalue weighted by Crippen LogP contribution is -2.39. The van der Waals surface area contributed by atoms with Gasteiger partial charge in [0.05, 0.1) is 6.61 Å². The standard InChI is InChI=1S/C17H22N4O/c1-12(11-22)19-17-18-8-7-16(20-17)21-10-15-6-4-3-5-14(15)9-13(21)2/h3-8,12-13,22H,9-11H2,1-2H3,(H,18,19,20)/t12-,13+/m0/s1. The highest BCUT2D eigenvalue weighted by atomic mass is 16.3. The van der Waals surface area contributed by atoms with Crippen LogP contribution in [0.5, 0.6) is 0 Å². The molecule has 1 aliphatic rings. The first kappa shape index (κ1) is 14.8. The number of fused-ring (bicyclic) bond motifs is 1. The number of nitrogens with zero attached hydrogens (tertiary/aromatic N) is 3. The third kappa shape index (κ3) is 3.04. The van der Waals surface area contributed by atoms with E-state index >= 15 is 0 Å². The Morgan fingerprint density at radius 1 is 1.32 bits per heavy atom. The second kappa shape index (κ2) is 6.32. The maximum atomic E-state index is 9.14. The molecule has 0 unspecified atom stereocenters. The van der Waals surface area contributed by atoms with Crippen LogP contribution in [0.1, 0.15) is 25.0 Å². The summed E-state index contributed by atoms with van der Waals surface area (Å²) in [6.45, 7) is 5.04. The molecule has 1 aliphatic heterocycles. The molecule has 3 rings (SSSR count). The van der Waals surface area contributed by atoms with Gasteiger partial charge in [0.15, 0.2) is 0 Å². The van der Waals surface area contributed by atoms with Crippen molar-refractivity contribution in [3.63, 3.8) is 0 Å². The number of benzene rings is 1. The van der Waals surface area contributed by atoms with Gasteiger partial charge in [0.2, 0.25) is 5.95 Å². The highest BCUT2D eigenvalue weighted by Gasteiger charge is 2.23. The molecule has 5 heteroatoms. The average molecular weight is 298 g/mol. The predicted octanol–water partition coefficient (Wildman–Crippen LogP) is 2.22. The molecule has 0 radical (unpaired) electrons. The van der Waals surface area contributed by atoms with E-state index in [1.807, 2.05) is 13.0 Å². The van der Waals surface area contributed by atoms with Gasteiger partial charge in [-0.25, -0.2) is 4.98 Å². The van der Waals surface area contributed by atoms with E-state index in [1.54, 1.807) is 6.20 Å². The Bertz CT molecular complexity index is 646. The zero-order valence-electron chi connectivity index (χ0n) is 13.0. The Kier molecular flexibility index (Phi) is 4.24. The second-order valence-corrected chi connectivity index (χ2v) is 5.92. The maximum Gasteiger partial charge on any atom is 0.224 e. The van der Waals surface area contributed by atoms with Gasteiger partial charge in [-0.3, -0.25) is 0 Å². The van der Waals surface area contributed by atoms with Crippen LogP contribution in [0.3, 0.4) is 0 Å². The fourth-order valence-corrected chi connectivity index (χ4v) is 2.83. The number of rotatable bonds is 4. The van der Waals surface area contributed by atoms with E-state index in [9.17, 15) is 0 Å². The van der Waals surface area contributed by atoms with Crippen LogP contribution in [0.2, 0.25) is 0 Å². The van der Waals surface area contributed by atoms with Gasteiger partial charge >= 0.3 is 0 Å². The van der Waals surface area contributed by atoms with Crippen molar-refractivity contribution in [1.29, 1.82) is 0 Å². The van der Waals surface area contributed by atoms with Gasteiger partial charge in [-0.15, -0.1) is 0 Å². The molecule has 116 valence electrons. The van der Waals surface area contributed by atoms with Gasteiger partial charge in [0, 0.05) is 24.8 Å². The number of hydrogen-bond donors (Lipinski definition) is 2. The molecule has 0 aliphatic carbocycles. The number of anilines is 2. The van der Waals surface area contributed by atoms with Gasteiger partial charge < -0.3 is 15.3 Å². The van der Waals surface area contributed by atoms with E-state index in [4.69, 9.17) is 5.11 Å². The van der Waals surface area contributed by atoms with Gasteiger partial charge in [-0.05, 0) is 37.5 Å². The third-order valence-corrected chi connectivity index (χ3v) is 4.09. The van der Waals surface area contributed by atoms with E-state index < -0.39 is 0 Å². The molecular formula is C17H22N4O. The summed E-state index contributed by atoms with van der Waals surface area (Å²) in [7, 11) is 0. The molecule has 22 heavy (non-hydrogen) atoms. The van der Waals surface area contributed by atoms with Crippen LogP contribution in [0.25, 0.3) is 0 Å². The molecule has 0 fully saturated rings. The Balaban J connectivity index is 1.83. The minimum Gasteiger partial charge on any atom is -0.394 e. The van der Waals surface area contributed by atoms with Crippen molar-refractivity contribution in [3.05, 3.63) is 47.7 Å². The number of hydrogen-bond acceptors (Lipinski definition) is 5. The lowest BCUT2D eigenvalue weighted by atomic mass is 9.95. The molecule has 2 atom stereocenters. The van der Waals surface area contributed by atoms with Gasteiger partial charge in [0.25, 0.3) is 0 Å². The fraction of sp³-hybridized carbons (Fsp3) is 0.412. The summed E-state index contributed by atoms with van der Waals surface area (Å²) in [6.07, 6.45) is 2.79. The number of nitrogens with one attached hydrogen (secondary N) is 1. The minimum atomic E-state index is -0.0604. The zero-order chi connectivity index (χ0) is 15.5. The third-order valence-electron chi connectivity index (χ3n) is 4.09. The molecular weight excluding hydrogens is 276 g/mol. The van der Waals surface area contributed by atoms with Crippen molar-refractivity contribution >= 4 is 11.8 Å². The summed E-state index contributed by atoms with van der Waals surface area (Å²) >= 11 is 0. The molecule has 5 nitrogen and oxygen atoms in total. The Labute approximate surface area is 131 Å². The normalized spacial score (nSPS) is 18.7. The minimum absolute atomic E-state index is 0.0566. The van der Waals surface area contributed by atoms with Gasteiger partial charge in [-0.1, -0.05) is 24.3 Å². The summed E-state index contributed by atoms with van der Waals surface area (Å²) < 4.78 is 0. The molecule has 1 aromatic carbocycles. The van der Waals surface area contributed by atoms with Crippen LogP contribution in [-0.2, 0) is 13.0 Å². The summed E-state index contributed by atoms with van der Waals surface area (Å²) in [4.78, 5) is 11.1. The number of aliphatic hydroxyl groups excluding tert-OH is 1. The Morgan fingerprint density at radius 2 is 2.09 bits per heavy atom. The van der Waals surface area contributed by atoms with Crippen LogP contribution < -0.4 is 10.2 Å². The monoisotopic (exact) mass is 298 g/mol. The number of aliphatic hydroxyl groups is 1. The van der Waals surface area contributed by atoms with E-state index in [0.717, 1.165) is 18.8 Å². The van der Waals surface area contributed by atoms with E-state index in [-0.39, 0.29) is 12.6 Å². The first-order valence-corrected chi connectivity index (χ1v) is 7.71. The van der Waals surface area contributed by atoms with Gasteiger partial charge in [-0.2, -0.15) is 4.98 Å². The van der Waals surface area contributed by atoms with E-state index in [0.29, 0.717) is 12.0 Å². The molecule has 0 saturated carbocycles. The summed E-state index contributed by atoms with van der Waals surface area (Å²) in [5, 5.41) is 12.2. The largest absolute Gasteiger partial charge is 0.394 e. The molecule has 2 heterocycles. The summed E-state index contributed by atoms with van der Waals surface area (Å²) in [6, 6.07) is 10.9. The highest BCUT2D eigenvalue weighted by molar-refractivity contribution is 5.47. The van der Waals surface area contributed by atoms with E-state index in [1.165, 1.54) is 11.1 Å². The quantitative estimate of drug-likeness (QED) is 0.906. The van der Waals surface area contributed by atoms with Crippen LogP contribution >= 0.6 is 0 Å². The molecule has 0 bridgehead atoms. The lowest BCUT2D eigenvalue weighted by Gasteiger charge is -2.35. The summed E-state index contributed by atoms with van der Waals surface area (Å²) in [5.74, 6) is 1.48. The van der Waals surface area contributed by atoms with Crippen molar-refractivity contribution < 1.29 is 5.11 Å². The molecule has 2 N–H and O–H groups in total. The van der Waals surface area contributed by atoms with Crippen molar-refractivity contribution in [1.82, 2.24) is 9.97 Å². The van der Waals surface area contributed by atoms with Crippen molar-refractivity contribution in [2.24, 2.45) is 0 Å².